The van der Waals surface area contributed by atoms with Gasteiger partial charge in [0.2, 0.25) is 0 Å². The van der Waals surface area contributed by atoms with Crippen LogP contribution in [0, 0.1) is 5.92 Å². The molecule has 0 unspecified atom stereocenters. The second kappa shape index (κ2) is 8.89. The van der Waals surface area contributed by atoms with Crippen LogP contribution in [-0.4, -0.2) is 41.8 Å². The summed E-state index contributed by atoms with van der Waals surface area (Å²) >= 11 is 0. The standard InChI is InChI=1S/C22H27NO4/c1-23(19-11-3-2-4-12-19)22(26)27-15-18(21(24)25)14-17-10-7-9-16-8-5-6-13-20(16)17/h5-10,13,18-19H,2-4,11-12,14-15H2,1H3,(H,24,25)/t18-/m1/s1. The van der Waals surface area contributed by atoms with E-state index in [4.69, 9.17) is 4.74 Å². The smallest absolute Gasteiger partial charge is 0.409 e. The van der Waals surface area contributed by atoms with Crippen molar-refractivity contribution in [3.05, 3.63) is 48.0 Å². The van der Waals surface area contributed by atoms with Crippen LogP contribution in [0.25, 0.3) is 10.8 Å². The van der Waals surface area contributed by atoms with Crippen LogP contribution in [0.2, 0.25) is 0 Å². The third kappa shape index (κ3) is 4.79. The molecular formula is C22H27NO4. The summed E-state index contributed by atoms with van der Waals surface area (Å²) in [5.74, 6) is -1.71. The normalized spacial score (nSPS) is 16.0. The highest BCUT2D eigenvalue weighted by Crippen LogP contribution is 2.23. The molecule has 0 heterocycles. The van der Waals surface area contributed by atoms with Gasteiger partial charge in [0.15, 0.2) is 0 Å². The van der Waals surface area contributed by atoms with Crippen molar-refractivity contribution in [2.75, 3.05) is 13.7 Å². The molecule has 1 fully saturated rings. The van der Waals surface area contributed by atoms with E-state index in [1.54, 1.807) is 11.9 Å². The number of aliphatic carboxylic acids is 1. The van der Waals surface area contributed by atoms with Crippen molar-refractivity contribution >= 4 is 22.8 Å². The largest absolute Gasteiger partial charge is 0.481 e. The van der Waals surface area contributed by atoms with Gasteiger partial charge in [0, 0.05) is 13.1 Å². The zero-order chi connectivity index (χ0) is 19.2. The van der Waals surface area contributed by atoms with Gasteiger partial charge in [0.1, 0.15) is 6.61 Å². The number of benzene rings is 2. The van der Waals surface area contributed by atoms with Gasteiger partial charge in [0.05, 0.1) is 5.92 Å². The predicted molar refractivity (Wildman–Crippen MR) is 105 cm³/mol. The van der Waals surface area contributed by atoms with E-state index in [-0.39, 0.29) is 12.6 Å². The lowest BCUT2D eigenvalue weighted by molar-refractivity contribution is -0.143. The summed E-state index contributed by atoms with van der Waals surface area (Å²) in [4.78, 5) is 25.7. The highest BCUT2D eigenvalue weighted by molar-refractivity contribution is 5.86. The topological polar surface area (TPSA) is 66.8 Å². The van der Waals surface area contributed by atoms with Gasteiger partial charge in [0.25, 0.3) is 0 Å². The lowest BCUT2D eigenvalue weighted by Gasteiger charge is -2.30. The van der Waals surface area contributed by atoms with Crippen molar-refractivity contribution in [2.24, 2.45) is 5.92 Å². The van der Waals surface area contributed by atoms with Crippen molar-refractivity contribution in [1.29, 1.82) is 0 Å². The van der Waals surface area contributed by atoms with Crippen LogP contribution in [0.1, 0.15) is 37.7 Å². The number of carbonyl (C=O) groups is 2. The van der Waals surface area contributed by atoms with E-state index < -0.39 is 18.0 Å². The Morgan fingerprint density at radius 1 is 1.11 bits per heavy atom. The Morgan fingerprint density at radius 2 is 1.81 bits per heavy atom. The highest BCUT2D eigenvalue weighted by Gasteiger charge is 2.26. The summed E-state index contributed by atoms with van der Waals surface area (Å²) in [6, 6.07) is 14.0. The molecule has 144 valence electrons. The van der Waals surface area contributed by atoms with Crippen LogP contribution < -0.4 is 0 Å². The molecule has 0 radical (unpaired) electrons. The van der Waals surface area contributed by atoms with E-state index >= 15 is 0 Å². The Hall–Kier alpha value is -2.56. The summed E-state index contributed by atoms with van der Waals surface area (Å²) in [7, 11) is 1.75. The fourth-order valence-corrected chi connectivity index (χ4v) is 3.84. The van der Waals surface area contributed by atoms with Gasteiger partial charge in [-0.25, -0.2) is 4.79 Å². The lowest BCUT2D eigenvalue weighted by Crippen LogP contribution is -2.39. The van der Waals surface area contributed by atoms with Crippen molar-refractivity contribution in [3.8, 4) is 0 Å². The van der Waals surface area contributed by atoms with Crippen molar-refractivity contribution in [2.45, 2.75) is 44.6 Å². The first-order valence-corrected chi connectivity index (χ1v) is 9.65. The van der Waals surface area contributed by atoms with Crippen LogP contribution in [0.5, 0.6) is 0 Å². The number of carboxylic acid groups (broad SMARTS) is 1. The average molecular weight is 369 g/mol. The molecule has 1 atom stereocenters. The minimum atomic E-state index is -0.948. The molecule has 0 aromatic heterocycles. The van der Waals surface area contributed by atoms with Gasteiger partial charge in [-0.1, -0.05) is 61.7 Å². The number of hydrogen-bond donors (Lipinski definition) is 1. The number of fused-ring (bicyclic) bond motifs is 1. The Morgan fingerprint density at radius 3 is 2.56 bits per heavy atom. The van der Waals surface area contributed by atoms with Crippen molar-refractivity contribution in [1.82, 2.24) is 4.90 Å². The molecule has 0 spiro atoms. The molecule has 0 saturated heterocycles. The summed E-state index contributed by atoms with van der Waals surface area (Å²) in [6.45, 7) is -0.117. The highest BCUT2D eigenvalue weighted by atomic mass is 16.6. The minimum Gasteiger partial charge on any atom is -0.481 e. The summed E-state index contributed by atoms with van der Waals surface area (Å²) < 4.78 is 5.37. The van der Waals surface area contributed by atoms with Crippen LogP contribution >= 0.6 is 0 Å². The Labute approximate surface area is 159 Å². The fraction of sp³-hybridized carbons (Fsp3) is 0.455. The van der Waals surface area contributed by atoms with E-state index in [0.717, 1.165) is 42.0 Å². The Kier molecular flexibility index (Phi) is 6.32. The molecule has 1 saturated carbocycles. The molecular weight excluding hydrogens is 342 g/mol. The van der Waals surface area contributed by atoms with Crippen LogP contribution in [0.15, 0.2) is 42.5 Å². The molecule has 27 heavy (non-hydrogen) atoms. The number of hydrogen-bond acceptors (Lipinski definition) is 3. The molecule has 5 nitrogen and oxygen atoms in total. The number of nitrogens with zero attached hydrogens (tertiary/aromatic N) is 1. The minimum absolute atomic E-state index is 0.117. The molecule has 1 amide bonds. The van der Waals surface area contributed by atoms with Gasteiger partial charge < -0.3 is 14.7 Å². The molecule has 3 rings (SSSR count). The van der Waals surface area contributed by atoms with E-state index in [9.17, 15) is 14.7 Å². The number of carboxylic acids is 1. The molecule has 0 aliphatic heterocycles. The molecule has 1 aliphatic carbocycles. The second-order valence-corrected chi connectivity index (χ2v) is 7.36. The molecule has 1 aliphatic rings. The van der Waals surface area contributed by atoms with Gasteiger partial charge in [-0.3, -0.25) is 4.79 Å². The van der Waals surface area contributed by atoms with Crippen LogP contribution in [0.3, 0.4) is 0 Å². The first-order chi connectivity index (χ1) is 13.1. The summed E-state index contributed by atoms with van der Waals surface area (Å²) in [6.07, 6.45) is 5.35. The SMILES string of the molecule is CN(C(=O)OC[C@@H](Cc1cccc2ccccc12)C(=O)O)C1CCCCC1. The number of amides is 1. The zero-order valence-electron chi connectivity index (χ0n) is 15.8. The van der Waals surface area contributed by atoms with Crippen LogP contribution in [0.4, 0.5) is 4.79 Å². The maximum absolute atomic E-state index is 12.3. The lowest BCUT2D eigenvalue weighted by atomic mass is 9.95. The van der Waals surface area contributed by atoms with Gasteiger partial charge in [-0.2, -0.15) is 0 Å². The Bertz CT molecular complexity index is 793. The molecule has 0 bridgehead atoms. The maximum Gasteiger partial charge on any atom is 0.409 e. The average Bonchev–Trinajstić information content (AvgIpc) is 2.70. The van der Waals surface area contributed by atoms with E-state index in [0.29, 0.717) is 6.42 Å². The van der Waals surface area contributed by atoms with Crippen LogP contribution in [-0.2, 0) is 16.0 Å². The van der Waals surface area contributed by atoms with Crippen molar-refractivity contribution < 1.29 is 19.4 Å². The summed E-state index contributed by atoms with van der Waals surface area (Å²) in [5.41, 5.74) is 0.956. The summed E-state index contributed by atoms with van der Waals surface area (Å²) in [5, 5.41) is 11.7. The van der Waals surface area contributed by atoms with Gasteiger partial charge in [-0.05, 0) is 35.6 Å². The predicted octanol–water partition coefficient (Wildman–Crippen LogP) is 4.48. The molecule has 1 N–H and O–H groups in total. The first-order valence-electron chi connectivity index (χ1n) is 9.65. The maximum atomic E-state index is 12.3. The second-order valence-electron chi connectivity index (χ2n) is 7.36. The van der Waals surface area contributed by atoms with Gasteiger partial charge in [-0.15, -0.1) is 0 Å². The number of rotatable bonds is 6. The number of ether oxygens (including phenoxy) is 1. The fourth-order valence-electron chi connectivity index (χ4n) is 3.84. The monoisotopic (exact) mass is 369 g/mol. The van der Waals surface area contributed by atoms with E-state index in [2.05, 4.69) is 0 Å². The van der Waals surface area contributed by atoms with Crippen molar-refractivity contribution in [3.63, 3.8) is 0 Å². The first kappa shape index (κ1) is 19.2. The van der Waals surface area contributed by atoms with Gasteiger partial charge >= 0.3 is 12.1 Å². The molecule has 2 aromatic rings. The zero-order valence-corrected chi connectivity index (χ0v) is 15.8. The van der Waals surface area contributed by atoms with E-state index in [1.807, 2.05) is 42.5 Å². The van der Waals surface area contributed by atoms with E-state index in [1.165, 1.54) is 6.42 Å². The number of carbonyl (C=O) groups excluding carboxylic acids is 1. The molecule has 5 heteroatoms. The quantitative estimate of drug-likeness (QED) is 0.815. The third-order valence-electron chi connectivity index (χ3n) is 5.51. The third-order valence-corrected chi connectivity index (χ3v) is 5.51. The Balaban J connectivity index is 1.64. The molecule has 2 aromatic carbocycles.